The molecule has 0 radical (unpaired) electrons. The quantitative estimate of drug-likeness (QED) is 0.894. The summed E-state index contributed by atoms with van der Waals surface area (Å²) in [5, 5.41) is 0. The van der Waals surface area contributed by atoms with Crippen LogP contribution in [-0.4, -0.2) is 6.43 Å². The van der Waals surface area contributed by atoms with Crippen molar-refractivity contribution in [3.63, 3.8) is 0 Å². The highest BCUT2D eigenvalue weighted by Crippen LogP contribution is 2.27. The number of benzene rings is 1. The van der Waals surface area contributed by atoms with Crippen molar-refractivity contribution in [3.05, 3.63) is 34.1 Å². The molecular weight excluding hydrogens is 259 g/mol. The van der Waals surface area contributed by atoms with Gasteiger partial charge in [0.1, 0.15) is 5.82 Å². The number of hydrogen-bond acceptors (Lipinski definition) is 1. The van der Waals surface area contributed by atoms with Crippen LogP contribution in [0, 0.1) is 5.82 Å². The van der Waals surface area contributed by atoms with Gasteiger partial charge in [-0.25, -0.2) is 13.2 Å². The third-order valence-electron chi connectivity index (χ3n) is 1.81. The molecule has 1 aromatic carbocycles. The summed E-state index contributed by atoms with van der Waals surface area (Å²) in [6.45, 7) is 0. The standard InChI is InChI=1S/C9H9BrF3N/c10-9-5(2-1-3-6(9)11)7(14)4-8(12)13/h1-3,7-8H,4,14H2/t7-/m0/s1. The van der Waals surface area contributed by atoms with Crippen LogP contribution in [0.1, 0.15) is 18.0 Å². The number of halogens is 4. The van der Waals surface area contributed by atoms with Gasteiger partial charge in [-0.2, -0.15) is 0 Å². The molecule has 14 heavy (non-hydrogen) atoms. The van der Waals surface area contributed by atoms with Crippen LogP contribution in [0.4, 0.5) is 13.2 Å². The lowest BCUT2D eigenvalue weighted by atomic mass is 10.1. The lowest BCUT2D eigenvalue weighted by Crippen LogP contribution is -2.14. The molecule has 0 amide bonds. The molecule has 0 saturated heterocycles. The van der Waals surface area contributed by atoms with Crippen molar-refractivity contribution in [2.75, 3.05) is 0 Å². The van der Waals surface area contributed by atoms with Gasteiger partial charge in [0.25, 0.3) is 0 Å². The maximum Gasteiger partial charge on any atom is 0.240 e. The highest BCUT2D eigenvalue weighted by Gasteiger charge is 2.16. The van der Waals surface area contributed by atoms with E-state index < -0.39 is 24.7 Å². The summed E-state index contributed by atoms with van der Waals surface area (Å²) in [4.78, 5) is 0. The molecule has 1 rings (SSSR count). The zero-order valence-corrected chi connectivity index (χ0v) is 8.77. The summed E-state index contributed by atoms with van der Waals surface area (Å²) >= 11 is 2.97. The van der Waals surface area contributed by atoms with Crippen molar-refractivity contribution in [2.24, 2.45) is 5.73 Å². The fraction of sp³-hybridized carbons (Fsp3) is 0.333. The lowest BCUT2D eigenvalue weighted by Gasteiger charge is -2.13. The van der Waals surface area contributed by atoms with Crippen LogP contribution in [0.3, 0.4) is 0 Å². The number of alkyl halides is 2. The van der Waals surface area contributed by atoms with Crippen LogP contribution in [0.25, 0.3) is 0 Å². The van der Waals surface area contributed by atoms with E-state index >= 15 is 0 Å². The van der Waals surface area contributed by atoms with Gasteiger partial charge in [-0.15, -0.1) is 0 Å². The van der Waals surface area contributed by atoms with Crippen molar-refractivity contribution in [2.45, 2.75) is 18.9 Å². The topological polar surface area (TPSA) is 26.0 Å². The van der Waals surface area contributed by atoms with Crippen LogP contribution in [0.15, 0.2) is 22.7 Å². The van der Waals surface area contributed by atoms with Crippen molar-refractivity contribution >= 4 is 15.9 Å². The maximum absolute atomic E-state index is 13.0. The molecule has 2 N–H and O–H groups in total. The van der Waals surface area contributed by atoms with Gasteiger partial charge in [-0.05, 0) is 27.6 Å². The van der Waals surface area contributed by atoms with Gasteiger partial charge >= 0.3 is 0 Å². The van der Waals surface area contributed by atoms with Crippen molar-refractivity contribution in [3.8, 4) is 0 Å². The number of nitrogens with two attached hydrogens (primary N) is 1. The molecule has 0 saturated carbocycles. The van der Waals surface area contributed by atoms with Gasteiger partial charge < -0.3 is 5.73 Å². The van der Waals surface area contributed by atoms with Crippen LogP contribution < -0.4 is 5.73 Å². The van der Waals surface area contributed by atoms with E-state index in [4.69, 9.17) is 5.73 Å². The normalized spacial score (nSPS) is 13.3. The molecule has 1 aromatic rings. The summed E-state index contributed by atoms with van der Waals surface area (Å²) in [5.41, 5.74) is 5.86. The van der Waals surface area contributed by atoms with E-state index in [1.165, 1.54) is 18.2 Å². The summed E-state index contributed by atoms with van der Waals surface area (Å²) in [6.07, 6.45) is -2.96. The lowest BCUT2D eigenvalue weighted by molar-refractivity contribution is 0.128. The van der Waals surface area contributed by atoms with Crippen molar-refractivity contribution in [1.29, 1.82) is 0 Å². The Kier molecular flexibility index (Phi) is 3.95. The van der Waals surface area contributed by atoms with Gasteiger partial charge in [-0.1, -0.05) is 12.1 Å². The molecule has 1 atom stereocenters. The molecule has 0 aromatic heterocycles. The van der Waals surface area contributed by atoms with Crippen LogP contribution in [0.2, 0.25) is 0 Å². The van der Waals surface area contributed by atoms with E-state index in [0.29, 0.717) is 5.56 Å². The Hall–Kier alpha value is -0.550. The second-order valence-corrected chi connectivity index (χ2v) is 3.67. The van der Waals surface area contributed by atoms with E-state index in [-0.39, 0.29) is 4.47 Å². The summed E-state index contributed by atoms with van der Waals surface area (Å²) < 4.78 is 37.2. The molecule has 1 nitrogen and oxygen atoms in total. The first kappa shape index (κ1) is 11.5. The SMILES string of the molecule is N[C@@H](CC(F)F)c1cccc(F)c1Br. The molecule has 0 unspecified atom stereocenters. The third kappa shape index (κ3) is 2.72. The highest BCUT2D eigenvalue weighted by molar-refractivity contribution is 9.10. The largest absolute Gasteiger partial charge is 0.324 e. The first-order valence-corrected chi connectivity index (χ1v) is 4.79. The molecule has 0 aliphatic carbocycles. The van der Waals surface area contributed by atoms with E-state index in [9.17, 15) is 13.2 Å². The monoisotopic (exact) mass is 267 g/mol. The Morgan fingerprint density at radius 1 is 1.36 bits per heavy atom. The minimum absolute atomic E-state index is 0.160. The molecule has 0 aliphatic heterocycles. The van der Waals surface area contributed by atoms with E-state index in [0.717, 1.165) is 0 Å². The third-order valence-corrected chi connectivity index (χ3v) is 2.65. The highest BCUT2D eigenvalue weighted by atomic mass is 79.9. The predicted molar refractivity (Wildman–Crippen MR) is 51.6 cm³/mol. The zero-order chi connectivity index (χ0) is 10.7. The fourth-order valence-electron chi connectivity index (χ4n) is 1.13. The molecule has 78 valence electrons. The fourth-order valence-corrected chi connectivity index (χ4v) is 1.68. The summed E-state index contributed by atoms with van der Waals surface area (Å²) in [7, 11) is 0. The van der Waals surface area contributed by atoms with Gasteiger partial charge in [-0.3, -0.25) is 0 Å². The first-order chi connectivity index (χ1) is 6.52. The Morgan fingerprint density at radius 3 is 2.57 bits per heavy atom. The van der Waals surface area contributed by atoms with Gasteiger partial charge in [0.2, 0.25) is 6.43 Å². The Labute approximate surface area is 88.2 Å². The van der Waals surface area contributed by atoms with Gasteiger partial charge in [0.05, 0.1) is 4.47 Å². The average molecular weight is 268 g/mol. The minimum atomic E-state index is -2.49. The average Bonchev–Trinajstić information content (AvgIpc) is 2.08. The van der Waals surface area contributed by atoms with Crippen LogP contribution in [-0.2, 0) is 0 Å². The first-order valence-electron chi connectivity index (χ1n) is 4.00. The van der Waals surface area contributed by atoms with E-state index in [1.807, 2.05) is 0 Å². The van der Waals surface area contributed by atoms with Gasteiger partial charge in [0, 0.05) is 12.5 Å². The Bertz CT molecular complexity index is 317. The van der Waals surface area contributed by atoms with E-state index in [2.05, 4.69) is 15.9 Å². The maximum atomic E-state index is 13.0. The smallest absolute Gasteiger partial charge is 0.240 e. The van der Waals surface area contributed by atoms with Crippen LogP contribution >= 0.6 is 15.9 Å². The molecule has 0 bridgehead atoms. The number of hydrogen-bond donors (Lipinski definition) is 1. The minimum Gasteiger partial charge on any atom is -0.324 e. The van der Waals surface area contributed by atoms with Crippen LogP contribution in [0.5, 0.6) is 0 Å². The summed E-state index contributed by atoms with van der Waals surface area (Å²) in [6, 6.07) is 3.36. The summed E-state index contributed by atoms with van der Waals surface area (Å²) in [5.74, 6) is -0.493. The van der Waals surface area contributed by atoms with Crippen molar-refractivity contribution in [1.82, 2.24) is 0 Å². The zero-order valence-electron chi connectivity index (χ0n) is 7.18. The second kappa shape index (κ2) is 4.79. The number of rotatable bonds is 3. The Balaban J connectivity index is 2.89. The molecule has 0 aliphatic rings. The molecule has 5 heteroatoms. The van der Waals surface area contributed by atoms with Gasteiger partial charge in [0.15, 0.2) is 0 Å². The molecular formula is C9H9BrF3N. The predicted octanol–water partition coefficient (Wildman–Crippen LogP) is 3.24. The molecule has 0 heterocycles. The molecule has 0 spiro atoms. The van der Waals surface area contributed by atoms with Crippen molar-refractivity contribution < 1.29 is 13.2 Å². The second-order valence-electron chi connectivity index (χ2n) is 2.88. The Morgan fingerprint density at radius 2 is 2.00 bits per heavy atom. The molecule has 0 fully saturated rings. The van der Waals surface area contributed by atoms with E-state index in [1.54, 1.807) is 0 Å².